The van der Waals surface area contributed by atoms with Gasteiger partial charge in [0, 0.05) is 5.56 Å². The first-order valence-corrected chi connectivity index (χ1v) is 6.02. The number of aryl methyl sites for hydroxylation is 1. The summed E-state index contributed by atoms with van der Waals surface area (Å²) >= 11 is 0. The molecule has 0 spiro atoms. The summed E-state index contributed by atoms with van der Waals surface area (Å²) in [7, 11) is 0. The maximum absolute atomic E-state index is 11.9. The summed E-state index contributed by atoms with van der Waals surface area (Å²) in [6.45, 7) is 0. The number of aldehydes is 1. The van der Waals surface area contributed by atoms with E-state index >= 15 is 0 Å². The highest BCUT2D eigenvalue weighted by Crippen LogP contribution is 2.30. The Bertz CT molecular complexity index is 681. The lowest BCUT2D eigenvalue weighted by atomic mass is 9.87. The highest BCUT2D eigenvalue weighted by molar-refractivity contribution is 6.37. The van der Waals surface area contributed by atoms with Gasteiger partial charge in [0.2, 0.25) is 5.78 Å². The fourth-order valence-electron chi connectivity index (χ4n) is 2.58. The second kappa shape index (κ2) is 4.22. The first kappa shape index (κ1) is 10.9. The first-order chi connectivity index (χ1) is 8.81. The molecule has 2 nitrogen and oxygen atoms in total. The molecular weight excluding hydrogens is 224 g/mol. The van der Waals surface area contributed by atoms with Crippen molar-refractivity contribution in [2.24, 2.45) is 0 Å². The molecule has 1 aliphatic carbocycles. The fourth-order valence-corrected chi connectivity index (χ4v) is 2.58. The largest absolute Gasteiger partial charge is 0.294 e. The summed E-state index contributed by atoms with van der Waals surface area (Å²) < 4.78 is 0. The average molecular weight is 236 g/mol. The molecule has 0 radical (unpaired) electrons. The minimum Gasteiger partial charge on any atom is -0.294 e. The van der Waals surface area contributed by atoms with Crippen LogP contribution in [0.3, 0.4) is 0 Å². The zero-order valence-corrected chi connectivity index (χ0v) is 9.85. The average Bonchev–Trinajstić information content (AvgIpc) is 2.44. The normalized spacial score (nSPS) is 13.3. The molecule has 2 aromatic carbocycles. The van der Waals surface area contributed by atoms with Crippen molar-refractivity contribution in [3.8, 4) is 0 Å². The van der Waals surface area contributed by atoms with Crippen molar-refractivity contribution in [2.75, 3.05) is 0 Å². The molecule has 2 aromatic rings. The molecular formula is C16H12O2. The first-order valence-electron chi connectivity index (χ1n) is 6.02. The van der Waals surface area contributed by atoms with Crippen LogP contribution in [-0.2, 0) is 11.2 Å². The Hall–Kier alpha value is -2.22. The van der Waals surface area contributed by atoms with Gasteiger partial charge in [0.15, 0.2) is 6.29 Å². The Morgan fingerprint density at radius 2 is 2.06 bits per heavy atom. The molecule has 0 atom stereocenters. The van der Waals surface area contributed by atoms with Crippen molar-refractivity contribution in [3.63, 3.8) is 0 Å². The van der Waals surface area contributed by atoms with Crippen molar-refractivity contribution in [3.05, 3.63) is 53.1 Å². The number of fused-ring (bicyclic) bond motifs is 2. The van der Waals surface area contributed by atoms with E-state index in [0.29, 0.717) is 11.8 Å². The molecule has 0 N–H and O–H groups in total. The molecule has 0 bridgehead atoms. The van der Waals surface area contributed by atoms with Crippen LogP contribution in [-0.4, -0.2) is 12.1 Å². The highest BCUT2D eigenvalue weighted by Gasteiger charge is 2.18. The van der Waals surface area contributed by atoms with E-state index in [2.05, 4.69) is 12.1 Å². The van der Waals surface area contributed by atoms with Gasteiger partial charge in [-0.3, -0.25) is 9.59 Å². The Labute approximate surface area is 105 Å². The van der Waals surface area contributed by atoms with Crippen molar-refractivity contribution in [2.45, 2.75) is 12.8 Å². The minimum absolute atomic E-state index is 0.407. The van der Waals surface area contributed by atoms with Crippen molar-refractivity contribution in [1.82, 2.24) is 0 Å². The molecule has 0 aliphatic heterocycles. The molecule has 0 saturated heterocycles. The molecule has 0 unspecified atom stereocenters. The van der Waals surface area contributed by atoms with Gasteiger partial charge < -0.3 is 0 Å². The van der Waals surface area contributed by atoms with Crippen molar-refractivity contribution < 1.29 is 9.59 Å². The van der Waals surface area contributed by atoms with Crippen LogP contribution < -0.4 is 0 Å². The molecule has 88 valence electrons. The lowest BCUT2D eigenvalue weighted by Crippen LogP contribution is -2.08. The van der Waals surface area contributed by atoms with Crippen LogP contribution in [0, 0.1) is 0 Å². The smallest absolute Gasteiger partial charge is 0.226 e. The SMILES string of the molecule is O=CC(=O)c1c2c(cc3ccccc13)CCC=C2. The molecule has 0 aromatic heterocycles. The van der Waals surface area contributed by atoms with E-state index in [-0.39, 0.29) is 0 Å². The number of allylic oxidation sites excluding steroid dienone is 1. The van der Waals surface area contributed by atoms with Crippen LogP contribution >= 0.6 is 0 Å². The standard InChI is InChI=1S/C16H12O2/c17-10-15(18)16-13-7-3-1-5-11(13)9-12-6-2-4-8-14(12)16/h1,3-5,7-10H,2,6H2. The van der Waals surface area contributed by atoms with E-state index < -0.39 is 5.78 Å². The second-order valence-electron chi connectivity index (χ2n) is 4.47. The van der Waals surface area contributed by atoms with E-state index in [1.165, 1.54) is 0 Å². The Morgan fingerprint density at radius 3 is 2.89 bits per heavy atom. The summed E-state index contributed by atoms with van der Waals surface area (Å²) in [5.74, 6) is -0.436. The van der Waals surface area contributed by atoms with Gasteiger partial charge in [0.05, 0.1) is 0 Å². The summed E-state index contributed by atoms with van der Waals surface area (Å²) in [5, 5.41) is 1.89. The summed E-state index contributed by atoms with van der Waals surface area (Å²) in [5.41, 5.74) is 2.62. The number of hydrogen-bond acceptors (Lipinski definition) is 2. The minimum atomic E-state index is -0.436. The van der Waals surface area contributed by atoms with Gasteiger partial charge in [-0.15, -0.1) is 0 Å². The van der Waals surface area contributed by atoms with E-state index in [9.17, 15) is 9.59 Å². The predicted octanol–water partition coefficient (Wildman–Crippen LogP) is 3.18. The molecule has 1 aliphatic rings. The highest BCUT2D eigenvalue weighted by atomic mass is 16.2. The molecule has 2 heteroatoms. The third-order valence-corrected chi connectivity index (χ3v) is 3.39. The fraction of sp³-hybridized carbons (Fsp3) is 0.125. The Balaban J connectivity index is 2.44. The number of carbonyl (C=O) groups is 2. The van der Waals surface area contributed by atoms with Crippen LogP contribution in [0.1, 0.15) is 27.9 Å². The lowest BCUT2D eigenvalue weighted by Gasteiger charge is -2.16. The third-order valence-electron chi connectivity index (χ3n) is 3.39. The summed E-state index contributed by atoms with van der Waals surface area (Å²) in [4.78, 5) is 22.8. The van der Waals surface area contributed by atoms with Gasteiger partial charge in [-0.1, -0.05) is 42.5 Å². The van der Waals surface area contributed by atoms with E-state index in [0.717, 1.165) is 34.7 Å². The maximum Gasteiger partial charge on any atom is 0.226 e. The predicted molar refractivity (Wildman–Crippen MR) is 71.7 cm³/mol. The number of rotatable bonds is 2. The van der Waals surface area contributed by atoms with Gasteiger partial charge in [0.1, 0.15) is 0 Å². The molecule has 3 rings (SSSR count). The van der Waals surface area contributed by atoms with Gasteiger partial charge in [-0.2, -0.15) is 0 Å². The summed E-state index contributed by atoms with van der Waals surface area (Å²) in [6.07, 6.45) is 6.33. The number of carbonyl (C=O) groups excluding carboxylic acids is 2. The van der Waals surface area contributed by atoms with E-state index in [1.807, 2.05) is 30.3 Å². The summed E-state index contributed by atoms with van der Waals surface area (Å²) in [6, 6.07) is 9.84. The number of benzene rings is 2. The zero-order chi connectivity index (χ0) is 12.5. The van der Waals surface area contributed by atoms with Crippen LogP contribution in [0.15, 0.2) is 36.4 Å². The van der Waals surface area contributed by atoms with Crippen molar-refractivity contribution in [1.29, 1.82) is 0 Å². The molecule has 18 heavy (non-hydrogen) atoms. The van der Waals surface area contributed by atoms with Gasteiger partial charge >= 0.3 is 0 Å². The van der Waals surface area contributed by atoms with Crippen molar-refractivity contribution >= 4 is 28.9 Å². The molecule has 0 saturated carbocycles. The quantitative estimate of drug-likeness (QED) is 0.456. The zero-order valence-electron chi connectivity index (χ0n) is 9.85. The van der Waals surface area contributed by atoms with Gasteiger partial charge in [-0.25, -0.2) is 0 Å². The topological polar surface area (TPSA) is 34.1 Å². The van der Waals surface area contributed by atoms with E-state index in [4.69, 9.17) is 0 Å². The Morgan fingerprint density at radius 1 is 1.22 bits per heavy atom. The molecule has 0 fully saturated rings. The third kappa shape index (κ3) is 1.58. The van der Waals surface area contributed by atoms with Crippen LogP contribution in [0.4, 0.5) is 0 Å². The Kier molecular flexibility index (Phi) is 2.56. The monoisotopic (exact) mass is 236 g/mol. The lowest BCUT2D eigenvalue weighted by molar-refractivity contribution is -0.104. The van der Waals surface area contributed by atoms with Crippen LogP contribution in [0.5, 0.6) is 0 Å². The number of ketones is 1. The molecule has 0 amide bonds. The second-order valence-corrected chi connectivity index (χ2v) is 4.47. The van der Waals surface area contributed by atoms with Crippen LogP contribution in [0.25, 0.3) is 16.8 Å². The number of Topliss-reactive ketones (excluding diaryl/α,β-unsaturated/α-hetero) is 1. The van der Waals surface area contributed by atoms with E-state index in [1.54, 1.807) is 0 Å². The van der Waals surface area contributed by atoms with Crippen LogP contribution in [0.2, 0.25) is 0 Å². The van der Waals surface area contributed by atoms with Gasteiger partial charge in [-0.05, 0) is 34.7 Å². The maximum atomic E-state index is 11.9. The number of hydrogen-bond donors (Lipinski definition) is 0. The molecule has 0 heterocycles. The van der Waals surface area contributed by atoms with Gasteiger partial charge in [0.25, 0.3) is 0 Å².